The average molecular weight is 489 g/mol. The van der Waals surface area contributed by atoms with E-state index >= 15 is 0 Å². The normalized spacial score (nSPS) is 10.8. The molecule has 1 N–H and O–H groups in total. The standard InChI is InChI=1S/C32H28N2O3/c1-23-27(32(35)36)20-21-34(23)31-13-7-11-29(33-31)28-10-5-6-12-30(28)37-22-26-18-16-25(17-19-26)15-14-24-8-3-2-4-9-24/h2-13,16-21H,14-15,22H2,1H3,(H,35,36). The lowest BCUT2D eigenvalue weighted by Crippen LogP contribution is -2.03. The second-order valence-corrected chi connectivity index (χ2v) is 8.96. The van der Waals surface area contributed by atoms with Crippen LogP contribution in [0.3, 0.4) is 0 Å². The molecule has 5 aromatic rings. The van der Waals surface area contributed by atoms with Crippen LogP contribution >= 0.6 is 0 Å². The van der Waals surface area contributed by atoms with Crippen molar-refractivity contribution in [2.24, 2.45) is 0 Å². The fourth-order valence-electron chi connectivity index (χ4n) is 4.39. The first-order valence-corrected chi connectivity index (χ1v) is 12.3. The number of ether oxygens (including phenoxy) is 1. The van der Waals surface area contributed by atoms with Gasteiger partial charge in [0.25, 0.3) is 0 Å². The van der Waals surface area contributed by atoms with Gasteiger partial charge in [-0.1, -0.05) is 72.8 Å². The van der Waals surface area contributed by atoms with Crippen LogP contribution in [0.2, 0.25) is 0 Å². The number of nitrogens with zero attached hydrogens (tertiary/aromatic N) is 2. The molecule has 0 unspecified atom stereocenters. The Morgan fingerprint density at radius 3 is 2.19 bits per heavy atom. The molecule has 3 aromatic carbocycles. The van der Waals surface area contributed by atoms with E-state index in [-0.39, 0.29) is 5.56 Å². The first-order chi connectivity index (χ1) is 18.1. The van der Waals surface area contributed by atoms with E-state index in [9.17, 15) is 9.90 Å². The Morgan fingerprint density at radius 1 is 0.784 bits per heavy atom. The zero-order chi connectivity index (χ0) is 25.6. The van der Waals surface area contributed by atoms with E-state index < -0.39 is 5.97 Å². The van der Waals surface area contributed by atoms with E-state index in [1.165, 1.54) is 11.1 Å². The van der Waals surface area contributed by atoms with Crippen molar-refractivity contribution >= 4 is 5.97 Å². The third-order valence-electron chi connectivity index (χ3n) is 6.48. The fourth-order valence-corrected chi connectivity index (χ4v) is 4.39. The summed E-state index contributed by atoms with van der Waals surface area (Å²) in [6, 6.07) is 34.3. The quantitative estimate of drug-likeness (QED) is 0.245. The van der Waals surface area contributed by atoms with Crippen molar-refractivity contribution in [2.75, 3.05) is 0 Å². The van der Waals surface area contributed by atoms with Crippen LogP contribution in [0.4, 0.5) is 0 Å². The smallest absolute Gasteiger partial charge is 0.337 e. The second kappa shape index (κ2) is 11.0. The van der Waals surface area contributed by atoms with Crippen molar-refractivity contribution in [3.05, 3.63) is 137 Å². The third kappa shape index (κ3) is 5.62. The highest BCUT2D eigenvalue weighted by molar-refractivity contribution is 5.89. The highest BCUT2D eigenvalue weighted by atomic mass is 16.5. The minimum absolute atomic E-state index is 0.266. The van der Waals surface area contributed by atoms with Gasteiger partial charge in [0.2, 0.25) is 0 Å². The zero-order valence-corrected chi connectivity index (χ0v) is 20.7. The molecule has 0 aliphatic heterocycles. The van der Waals surface area contributed by atoms with Crippen LogP contribution in [0.15, 0.2) is 109 Å². The third-order valence-corrected chi connectivity index (χ3v) is 6.48. The summed E-state index contributed by atoms with van der Waals surface area (Å²) in [4.78, 5) is 16.3. The Balaban J connectivity index is 1.29. The van der Waals surface area contributed by atoms with Gasteiger partial charge >= 0.3 is 5.97 Å². The SMILES string of the molecule is Cc1c(C(=O)O)ccn1-c1cccc(-c2ccccc2OCc2ccc(CCc3ccccc3)cc2)n1. The number of benzene rings is 3. The molecule has 0 amide bonds. The van der Waals surface area contributed by atoms with Crippen LogP contribution in [0.25, 0.3) is 17.1 Å². The maximum Gasteiger partial charge on any atom is 0.337 e. The lowest BCUT2D eigenvalue weighted by atomic mass is 10.0. The molecule has 5 rings (SSSR count). The predicted molar refractivity (Wildman–Crippen MR) is 145 cm³/mol. The molecule has 0 saturated carbocycles. The Kier molecular flexibility index (Phi) is 7.13. The molecule has 5 heteroatoms. The van der Waals surface area contributed by atoms with Crippen LogP contribution < -0.4 is 4.74 Å². The minimum atomic E-state index is -0.949. The molecule has 0 radical (unpaired) electrons. The number of rotatable bonds is 9. The number of pyridine rings is 1. The van der Waals surface area contributed by atoms with E-state index in [1.54, 1.807) is 23.8 Å². The van der Waals surface area contributed by atoms with Gasteiger partial charge < -0.3 is 14.4 Å². The summed E-state index contributed by atoms with van der Waals surface area (Å²) < 4.78 is 8.01. The molecule has 0 fully saturated rings. The molecule has 0 spiro atoms. The monoisotopic (exact) mass is 488 g/mol. The number of hydrogen-bond donors (Lipinski definition) is 1. The van der Waals surface area contributed by atoms with Crippen LogP contribution in [-0.4, -0.2) is 20.6 Å². The van der Waals surface area contributed by atoms with Gasteiger partial charge in [-0.2, -0.15) is 0 Å². The Bertz CT molecular complexity index is 1510. The number of aryl methyl sites for hydroxylation is 2. The van der Waals surface area contributed by atoms with E-state index in [0.717, 1.165) is 35.4 Å². The molecule has 5 nitrogen and oxygen atoms in total. The van der Waals surface area contributed by atoms with Crippen molar-refractivity contribution in [1.82, 2.24) is 9.55 Å². The molecule has 2 heterocycles. The van der Waals surface area contributed by atoms with Gasteiger partial charge in [-0.25, -0.2) is 9.78 Å². The van der Waals surface area contributed by atoms with Crippen molar-refractivity contribution in [1.29, 1.82) is 0 Å². The lowest BCUT2D eigenvalue weighted by Gasteiger charge is -2.13. The summed E-state index contributed by atoms with van der Waals surface area (Å²) in [5.41, 5.74) is 6.29. The fraction of sp³-hybridized carbons (Fsp3) is 0.125. The van der Waals surface area contributed by atoms with E-state index in [1.807, 2.05) is 48.5 Å². The Morgan fingerprint density at radius 2 is 1.46 bits per heavy atom. The maximum atomic E-state index is 11.4. The number of carboxylic acids is 1. The molecule has 0 aliphatic rings. The largest absolute Gasteiger partial charge is 0.488 e. The van der Waals surface area contributed by atoms with Crippen molar-refractivity contribution < 1.29 is 14.6 Å². The van der Waals surface area contributed by atoms with Gasteiger partial charge in [-0.3, -0.25) is 0 Å². The number of carbonyl (C=O) groups is 1. The summed E-state index contributed by atoms with van der Waals surface area (Å²) in [7, 11) is 0. The maximum absolute atomic E-state index is 11.4. The molecule has 184 valence electrons. The van der Waals surface area contributed by atoms with Crippen LogP contribution in [0.5, 0.6) is 5.75 Å². The first-order valence-electron chi connectivity index (χ1n) is 12.3. The zero-order valence-electron chi connectivity index (χ0n) is 20.7. The van der Waals surface area contributed by atoms with E-state index in [4.69, 9.17) is 9.72 Å². The van der Waals surface area contributed by atoms with Gasteiger partial charge in [-0.05, 0) is 66.8 Å². The molecule has 0 bridgehead atoms. The average Bonchev–Trinajstić information content (AvgIpc) is 3.33. The molecule has 0 atom stereocenters. The predicted octanol–water partition coefficient (Wildman–Crippen LogP) is 6.91. The van der Waals surface area contributed by atoms with Crippen molar-refractivity contribution in [2.45, 2.75) is 26.4 Å². The molecular weight excluding hydrogens is 460 g/mol. The summed E-state index contributed by atoms with van der Waals surface area (Å²) >= 11 is 0. The first kappa shape index (κ1) is 24.1. The highest BCUT2D eigenvalue weighted by Crippen LogP contribution is 2.30. The number of aromatic nitrogens is 2. The van der Waals surface area contributed by atoms with E-state index in [2.05, 4.69) is 48.5 Å². The summed E-state index contributed by atoms with van der Waals surface area (Å²) in [6.45, 7) is 2.23. The summed E-state index contributed by atoms with van der Waals surface area (Å²) in [6.07, 6.45) is 3.76. The van der Waals surface area contributed by atoms with Gasteiger partial charge in [0.1, 0.15) is 18.2 Å². The summed E-state index contributed by atoms with van der Waals surface area (Å²) in [5, 5.41) is 9.39. The van der Waals surface area contributed by atoms with Crippen LogP contribution in [-0.2, 0) is 19.4 Å². The van der Waals surface area contributed by atoms with E-state index in [0.29, 0.717) is 18.1 Å². The van der Waals surface area contributed by atoms with Crippen LogP contribution in [0.1, 0.15) is 32.7 Å². The van der Waals surface area contributed by atoms with Gasteiger partial charge in [0.05, 0.1) is 11.3 Å². The van der Waals surface area contributed by atoms with Crippen molar-refractivity contribution in [3.8, 4) is 22.8 Å². The number of aromatic carboxylic acids is 1. The van der Waals surface area contributed by atoms with Crippen molar-refractivity contribution in [3.63, 3.8) is 0 Å². The number of hydrogen-bond acceptors (Lipinski definition) is 3. The molecule has 0 aliphatic carbocycles. The molecule has 0 saturated heterocycles. The molecular formula is C32H28N2O3. The Labute approximate surface area is 216 Å². The van der Waals surface area contributed by atoms with Gasteiger partial charge in [-0.15, -0.1) is 0 Å². The second-order valence-electron chi connectivity index (χ2n) is 8.96. The van der Waals surface area contributed by atoms with Gasteiger partial charge in [0, 0.05) is 17.5 Å². The van der Waals surface area contributed by atoms with Gasteiger partial charge in [0.15, 0.2) is 0 Å². The Hall–Kier alpha value is -4.64. The molecule has 37 heavy (non-hydrogen) atoms. The summed E-state index contributed by atoms with van der Waals surface area (Å²) in [5.74, 6) is 0.453. The topological polar surface area (TPSA) is 64.3 Å². The highest BCUT2D eigenvalue weighted by Gasteiger charge is 2.14. The molecule has 2 aromatic heterocycles. The minimum Gasteiger partial charge on any atom is -0.488 e. The van der Waals surface area contributed by atoms with Crippen LogP contribution in [0, 0.1) is 6.92 Å². The number of para-hydroxylation sites is 1. The lowest BCUT2D eigenvalue weighted by molar-refractivity contribution is 0.0696. The number of carboxylic acid groups (broad SMARTS) is 1.